The van der Waals surface area contributed by atoms with Crippen LogP contribution in [0.2, 0.25) is 0 Å². The van der Waals surface area contributed by atoms with Crippen molar-refractivity contribution in [3.63, 3.8) is 0 Å². The van der Waals surface area contributed by atoms with E-state index in [4.69, 9.17) is 21.1 Å². The molecule has 182 valence electrons. The molecular formula is C25H22ClF2N3O4. The lowest BCUT2D eigenvalue weighted by Gasteiger charge is -2.39. The molecule has 0 spiro atoms. The lowest BCUT2D eigenvalue weighted by molar-refractivity contribution is -0.119. The number of ketones is 1. The summed E-state index contributed by atoms with van der Waals surface area (Å²) >= 11 is 6.03. The molecule has 0 radical (unpaired) electrons. The molecule has 1 saturated heterocycles. The molecule has 7 nitrogen and oxygen atoms in total. The van der Waals surface area contributed by atoms with Crippen LogP contribution in [0, 0.1) is 17.6 Å². The van der Waals surface area contributed by atoms with Crippen LogP contribution in [-0.4, -0.2) is 56.0 Å². The first-order valence-corrected chi connectivity index (χ1v) is 11.5. The van der Waals surface area contributed by atoms with Gasteiger partial charge in [-0.2, -0.15) is 0 Å². The summed E-state index contributed by atoms with van der Waals surface area (Å²) in [5, 5.41) is 6.53. The average Bonchev–Trinajstić information content (AvgIpc) is 2.99. The van der Waals surface area contributed by atoms with E-state index in [1.807, 2.05) is 0 Å². The normalized spacial score (nSPS) is 17.6. The maximum absolute atomic E-state index is 14.6. The van der Waals surface area contributed by atoms with Crippen LogP contribution in [0.15, 0.2) is 47.6 Å². The highest BCUT2D eigenvalue weighted by molar-refractivity contribution is 6.30. The lowest BCUT2D eigenvalue weighted by atomic mass is 9.99. The number of likely N-dealkylation sites (tertiary alicyclic amines) is 1. The summed E-state index contributed by atoms with van der Waals surface area (Å²) in [6.07, 6.45) is 3.56. The zero-order valence-corrected chi connectivity index (χ0v) is 19.3. The van der Waals surface area contributed by atoms with Crippen molar-refractivity contribution in [1.29, 1.82) is 0 Å². The molecule has 0 aromatic heterocycles. The Labute approximate surface area is 205 Å². The van der Waals surface area contributed by atoms with E-state index < -0.39 is 17.5 Å². The molecule has 3 aliphatic heterocycles. The van der Waals surface area contributed by atoms with Gasteiger partial charge in [0.25, 0.3) is 5.91 Å². The highest BCUT2D eigenvalue weighted by atomic mass is 35.5. The van der Waals surface area contributed by atoms with Crippen molar-refractivity contribution < 1.29 is 27.8 Å². The third-order valence-corrected chi connectivity index (χ3v) is 6.23. The Bertz CT molecular complexity index is 1260. The van der Waals surface area contributed by atoms with Crippen LogP contribution in [0.5, 0.6) is 11.5 Å². The molecule has 2 aromatic rings. The number of carbonyl (C=O) groups excluding carboxylic acids is 2. The molecule has 1 amide bonds. The molecule has 0 unspecified atom stereocenters. The fourth-order valence-electron chi connectivity index (χ4n) is 4.08. The van der Waals surface area contributed by atoms with Crippen molar-refractivity contribution in [2.24, 2.45) is 5.92 Å². The van der Waals surface area contributed by atoms with Gasteiger partial charge in [0.05, 0.1) is 30.9 Å². The van der Waals surface area contributed by atoms with Crippen molar-refractivity contribution in [3.05, 3.63) is 70.4 Å². The predicted molar refractivity (Wildman–Crippen MR) is 127 cm³/mol. The third kappa shape index (κ3) is 4.95. The van der Waals surface area contributed by atoms with E-state index in [9.17, 15) is 18.4 Å². The Balaban J connectivity index is 1.17. The molecule has 0 atom stereocenters. The number of carbonyl (C=O) groups is 2. The highest BCUT2D eigenvalue weighted by Gasteiger charge is 2.33. The second-order valence-corrected chi connectivity index (χ2v) is 9.10. The molecule has 1 fully saturated rings. The quantitative estimate of drug-likeness (QED) is 0.652. The number of nitrogens with zero attached hydrogens (tertiary/aromatic N) is 1. The second kappa shape index (κ2) is 9.58. The van der Waals surface area contributed by atoms with Gasteiger partial charge in [-0.15, -0.1) is 0 Å². The summed E-state index contributed by atoms with van der Waals surface area (Å²) in [5.41, 5.74) is 1.75. The molecule has 35 heavy (non-hydrogen) atoms. The van der Waals surface area contributed by atoms with Gasteiger partial charge in [0.2, 0.25) is 0 Å². The first kappa shape index (κ1) is 23.2. The number of rotatable bonds is 5. The van der Waals surface area contributed by atoms with Crippen molar-refractivity contribution >= 4 is 34.6 Å². The van der Waals surface area contributed by atoms with E-state index in [0.717, 1.165) is 11.6 Å². The zero-order valence-electron chi connectivity index (χ0n) is 18.6. The van der Waals surface area contributed by atoms with Gasteiger partial charge in [-0.3, -0.25) is 9.59 Å². The molecule has 5 rings (SSSR count). The smallest absolute Gasteiger partial charge is 0.256 e. The van der Waals surface area contributed by atoms with Gasteiger partial charge in [0.1, 0.15) is 18.2 Å². The van der Waals surface area contributed by atoms with E-state index in [1.165, 1.54) is 17.0 Å². The van der Waals surface area contributed by atoms with Crippen molar-refractivity contribution in [2.75, 3.05) is 44.7 Å². The van der Waals surface area contributed by atoms with Crippen LogP contribution < -0.4 is 20.1 Å². The number of nitrogens with one attached hydrogen (secondary N) is 2. The van der Waals surface area contributed by atoms with Gasteiger partial charge < -0.3 is 25.0 Å². The van der Waals surface area contributed by atoms with Crippen LogP contribution in [0.25, 0.3) is 5.57 Å². The van der Waals surface area contributed by atoms with Gasteiger partial charge in [0, 0.05) is 36.3 Å². The van der Waals surface area contributed by atoms with Gasteiger partial charge in [-0.05, 0) is 35.4 Å². The number of ether oxygens (including phenoxy) is 2. The van der Waals surface area contributed by atoms with Crippen molar-refractivity contribution in [2.45, 2.75) is 0 Å². The number of hydrogen-bond donors (Lipinski definition) is 2. The molecule has 3 aliphatic rings. The molecule has 3 heterocycles. The standard InChI is InChI=1S/C25H22ClF2N3O4/c26-17-3-16(7-29-8-17)15-1-2-23(21(28)4-15)34-12-14-10-31(11-14)25(33)19-5-22-24(6-20(19)27)35-13-18(32)9-30-22/h1-7,14,29-30H,8-13H2. The Morgan fingerprint density at radius 2 is 2.00 bits per heavy atom. The average molecular weight is 502 g/mol. The topological polar surface area (TPSA) is 79.9 Å². The maximum Gasteiger partial charge on any atom is 0.256 e. The number of allylic oxidation sites excluding steroid dienone is 2. The first-order chi connectivity index (χ1) is 16.9. The van der Waals surface area contributed by atoms with E-state index >= 15 is 0 Å². The summed E-state index contributed by atoms with van der Waals surface area (Å²) in [6, 6.07) is 7.18. The number of dihydropyridines is 1. The van der Waals surface area contributed by atoms with Crippen molar-refractivity contribution in [3.8, 4) is 11.5 Å². The number of fused-ring (bicyclic) bond motifs is 1. The fourth-order valence-corrected chi connectivity index (χ4v) is 4.28. The molecular weight excluding hydrogens is 480 g/mol. The Hall–Kier alpha value is -3.59. The van der Waals surface area contributed by atoms with E-state index in [1.54, 1.807) is 24.4 Å². The minimum Gasteiger partial charge on any atom is -0.490 e. The number of Topliss-reactive ketones (excluding diaryl/α,β-unsaturated/α-hetero) is 1. The summed E-state index contributed by atoms with van der Waals surface area (Å²) in [6.45, 7) is 1.39. The fraction of sp³-hybridized carbons (Fsp3) is 0.280. The number of hydrogen-bond acceptors (Lipinski definition) is 6. The molecule has 0 bridgehead atoms. The monoisotopic (exact) mass is 501 g/mol. The number of benzene rings is 2. The first-order valence-electron chi connectivity index (χ1n) is 11.1. The van der Waals surface area contributed by atoms with Gasteiger partial charge in [-0.1, -0.05) is 17.7 Å². The Kier molecular flexibility index (Phi) is 6.34. The van der Waals surface area contributed by atoms with Crippen molar-refractivity contribution in [1.82, 2.24) is 10.2 Å². The summed E-state index contributed by atoms with van der Waals surface area (Å²) in [7, 11) is 0. The van der Waals surface area contributed by atoms with Crippen LogP contribution in [0.1, 0.15) is 15.9 Å². The van der Waals surface area contributed by atoms with Crippen LogP contribution in [0.4, 0.5) is 14.5 Å². The van der Waals surface area contributed by atoms with E-state index in [0.29, 0.717) is 35.9 Å². The highest BCUT2D eigenvalue weighted by Crippen LogP contribution is 2.32. The second-order valence-electron chi connectivity index (χ2n) is 8.61. The molecule has 2 aromatic carbocycles. The van der Waals surface area contributed by atoms with Crippen LogP contribution >= 0.6 is 11.6 Å². The maximum atomic E-state index is 14.6. The summed E-state index contributed by atoms with van der Waals surface area (Å²) in [5.74, 6) is -1.53. The minimum absolute atomic E-state index is 0.00649. The SMILES string of the molecule is O=C1CNc2cc(C(=O)N3CC(COc4ccc(C5=CNCC(Cl)=C5)cc4F)C3)c(F)cc2OC1. The van der Waals surface area contributed by atoms with E-state index in [2.05, 4.69) is 10.6 Å². The summed E-state index contributed by atoms with van der Waals surface area (Å²) < 4.78 is 40.0. The van der Waals surface area contributed by atoms with Gasteiger partial charge >= 0.3 is 0 Å². The van der Waals surface area contributed by atoms with Crippen LogP contribution in [-0.2, 0) is 4.79 Å². The zero-order chi connectivity index (χ0) is 24.5. The molecule has 0 aliphatic carbocycles. The Morgan fingerprint density at radius 3 is 2.77 bits per heavy atom. The lowest BCUT2D eigenvalue weighted by Crippen LogP contribution is -2.52. The molecule has 0 saturated carbocycles. The summed E-state index contributed by atoms with van der Waals surface area (Å²) in [4.78, 5) is 25.8. The largest absolute Gasteiger partial charge is 0.490 e. The Morgan fingerprint density at radius 1 is 1.17 bits per heavy atom. The predicted octanol–water partition coefficient (Wildman–Crippen LogP) is 3.56. The van der Waals surface area contributed by atoms with Crippen LogP contribution in [0.3, 0.4) is 0 Å². The number of halogens is 3. The molecule has 2 N–H and O–H groups in total. The van der Waals surface area contributed by atoms with Gasteiger partial charge in [-0.25, -0.2) is 8.78 Å². The minimum atomic E-state index is -0.717. The number of amides is 1. The van der Waals surface area contributed by atoms with E-state index in [-0.39, 0.29) is 48.5 Å². The third-order valence-electron chi connectivity index (χ3n) is 5.99. The van der Waals surface area contributed by atoms with Gasteiger partial charge in [0.15, 0.2) is 17.3 Å². The molecule has 10 heteroatoms. The number of anilines is 1.